The van der Waals surface area contributed by atoms with E-state index in [4.69, 9.17) is 5.73 Å². The molecule has 0 saturated carbocycles. The van der Waals surface area contributed by atoms with E-state index in [9.17, 15) is 4.79 Å². The van der Waals surface area contributed by atoms with Gasteiger partial charge < -0.3 is 11.1 Å². The van der Waals surface area contributed by atoms with Gasteiger partial charge in [-0.1, -0.05) is 22.0 Å². The van der Waals surface area contributed by atoms with Crippen LogP contribution in [-0.4, -0.2) is 5.91 Å². The summed E-state index contributed by atoms with van der Waals surface area (Å²) in [6.07, 6.45) is 0. The first-order valence-electron chi connectivity index (χ1n) is 5.60. The maximum absolute atomic E-state index is 12.2. The molecular weight excluding hydrogens is 372 g/mol. The van der Waals surface area contributed by atoms with Crippen LogP contribution >= 0.6 is 31.9 Å². The van der Waals surface area contributed by atoms with E-state index in [1.807, 2.05) is 25.1 Å². The van der Waals surface area contributed by atoms with Crippen LogP contribution in [0.4, 0.5) is 11.4 Å². The number of nitrogens with one attached hydrogen (secondary N) is 1. The first-order chi connectivity index (χ1) is 8.99. The number of rotatable bonds is 2. The number of benzene rings is 2. The standard InChI is InChI=1S/C14H12Br2N2O/c1-8-7-9(15)5-6-12(8)18-14(19)10-3-2-4-11(17)13(10)16/h2-7H,17H2,1H3,(H,18,19). The van der Waals surface area contributed by atoms with E-state index in [-0.39, 0.29) is 5.91 Å². The molecule has 3 nitrogen and oxygen atoms in total. The van der Waals surface area contributed by atoms with Crippen LogP contribution in [0.25, 0.3) is 0 Å². The summed E-state index contributed by atoms with van der Waals surface area (Å²) in [5.74, 6) is -0.190. The highest BCUT2D eigenvalue weighted by molar-refractivity contribution is 9.11. The van der Waals surface area contributed by atoms with Crippen LogP contribution < -0.4 is 11.1 Å². The van der Waals surface area contributed by atoms with Crippen molar-refractivity contribution in [3.8, 4) is 0 Å². The zero-order valence-electron chi connectivity index (χ0n) is 10.2. The molecule has 0 aliphatic rings. The van der Waals surface area contributed by atoms with Gasteiger partial charge in [0.05, 0.1) is 10.0 Å². The first kappa shape index (κ1) is 14.1. The fraction of sp³-hybridized carbons (Fsp3) is 0.0714. The molecule has 0 aliphatic heterocycles. The fourth-order valence-corrected chi connectivity index (χ4v) is 2.60. The van der Waals surface area contributed by atoms with Crippen molar-refractivity contribution in [3.05, 3.63) is 56.5 Å². The van der Waals surface area contributed by atoms with Crippen LogP contribution in [0, 0.1) is 6.92 Å². The Morgan fingerprint density at radius 3 is 2.63 bits per heavy atom. The van der Waals surface area contributed by atoms with E-state index in [0.29, 0.717) is 15.7 Å². The van der Waals surface area contributed by atoms with Gasteiger partial charge in [-0.2, -0.15) is 0 Å². The van der Waals surface area contributed by atoms with Crippen LogP contribution in [-0.2, 0) is 0 Å². The molecule has 0 saturated heterocycles. The van der Waals surface area contributed by atoms with Crippen molar-refractivity contribution >= 4 is 49.1 Å². The summed E-state index contributed by atoms with van der Waals surface area (Å²) in [6, 6.07) is 10.9. The third kappa shape index (κ3) is 3.16. The number of amides is 1. The fourth-order valence-electron chi connectivity index (χ4n) is 1.68. The highest BCUT2D eigenvalue weighted by Gasteiger charge is 2.12. The Kier molecular flexibility index (Phi) is 4.27. The number of aryl methyl sites for hydroxylation is 1. The minimum atomic E-state index is -0.190. The summed E-state index contributed by atoms with van der Waals surface area (Å²) in [7, 11) is 0. The van der Waals surface area contributed by atoms with Gasteiger partial charge in [-0.25, -0.2) is 0 Å². The summed E-state index contributed by atoms with van der Waals surface area (Å²) >= 11 is 6.72. The van der Waals surface area contributed by atoms with Crippen LogP contribution in [0.2, 0.25) is 0 Å². The maximum Gasteiger partial charge on any atom is 0.256 e. The van der Waals surface area contributed by atoms with Gasteiger partial charge in [-0.3, -0.25) is 4.79 Å². The third-order valence-corrected chi connectivity index (χ3v) is 4.09. The van der Waals surface area contributed by atoms with E-state index in [2.05, 4.69) is 37.2 Å². The Bertz CT molecular complexity index is 641. The summed E-state index contributed by atoms with van der Waals surface area (Å²) < 4.78 is 1.59. The predicted octanol–water partition coefficient (Wildman–Crippen LogP) is 4.35. The number of carbonyl (C=O) groups excluding carboxylic acids is 1. The molecule has 5 heteroatoms. The molecule has 19 heavy (non-hydrogen) atoms. The Hall–Kier alpha value is -1.33. The highest BCUT2D eigenvalue weighted by Crippen LogP contribution is 2.26. The third-order valence-electron chi connectivity index (χ3n) is 2.71. The number of halogens is 2. The van der Waals surface area contributed by atoms with Crippen LogP contribution in [0.3, 0.4) is 0 Å². The lowest BCUT2D eigenvalue weighted by Gasteiger charge is -2.10. The lowest BCUT2D eigenvalue weighted by Crippen LogP contribution is -2.14. The van der Waals surface area contributed by atoms with Gasteiger partial charge in [0.2, 0.25) is 0 Å². The number of nitrogen functional groups attached to an aromatic ring is 1. The summed E-state index contributed by atoms with van der Waals surface area (Å²) in [5, 5.41) is 2.88. The van der Waals surface area contributed by atoms with Gasteiger partial charge in [0.15, 0.2) is 0 Å². The van der Waals surface area contributed by atoms with Gasteiger partial charge in [-0.15, -0.1) is 0 Å². The highest BCUT2D eigenvalue weighted by atomic mass is 79.9. The summed E-state index contributed by atoms with van der Waals surface area (Å²) in [4.78, 5) is 12.2. The lowest BCUT2D eigenvalue weighted by atomic mass is 10.1. The van der Waals surface area contributed by atoms with Crippen molar-refractivity contribution in [1.82, 2.24) is 0 Å². The number of nitrogens with two attached hydrogens (primary N) is 1. The number of carbonyl (C=O) groups is 1. The predicted molar refractivity (Wildman–Crippen MR) is 85.4 cm³/mol. The van der Waals surface area contributed by atoms with Crippen molar-refractivity contribution in [1.29, 1.82) is 0 Å². The van der Waals surface area contributed by atoms with Crippen molar-refractivity contribution in [2.45, 2.75) is 6.92 Å². The van der Waals surface area contributed by atoms with Gasteiger partial charge in [-0.05, 0) is 58.7 Å². The molecule has 1 amide bonds. The lowest BCUT2D eigenvalue weighted by molar-refractivity contribution is 0.102. The number of hydrogen-bond acceptors (Lipinski definition) is 2. The second-order valence-electron chi connectivity index (χ2n) is 4.12. The Morgan fingerprint density at radius 1 is 1.21 bits per heavy atom. The molecule has 0 aromatic heterocycles. The molecule has 0 radical (unpaired) electrons. The van der Waals surface area contributed by atoms with Gasteiger partial charge in [0.25, 0.3) is 5.91 Å². The normalized spacial score (nSPS) is 10.3. The van der Waals surface area contributed by atoms with Crippen molar-refractivity contribution in [2.24, 2.45) is 0 Å². The molecule has 0 bridgehead atoms. The topological polar surface area (TPSA) is 55.1 Å². The molecule has 0 aliphatic carbocycles. The Labute approximate surface area is 128 Å². The van der Waals surface area contributed by atoms with Crippen LogP contribution in [0.1, 0.15) is 15.9 Å². The zero-order valence-corrected chi connectivity index (χ0v) is 13.4. The molecule has 0 spiro atoms. The van der Waals surface area contributed by atoms with Crippen molar-refractivity contribution in [2.75, 3.05) is 11.1 Å². The molecule has 0 unspecified atom stereocenters. The first-order valence-corrected chi connectivity index (χ1v) is 7.19. The van der Waals surface area contributed by atoms with E-state index in [0.717, 1.165) is 15.7 Å². The van der Waals surface area contributed by atoms with Crippen molar-refractivity contribution in [3.63, 3.8) is 0 Å². The molecule has 3 N–H and O–H groups in total. The summed E-state index contributed by atoms with van der Waals surface area (Å²) in [6.45, 7) is 1.94. The molecule has 0 atom stereocenters. The van der Waals surface area contributed by atoms with E-state index in [1.54, 1.807) is 18.2 Å². The molecule has 2 aromatic rings. The molecule has 2 aromatic carbocycles. The SMILES string of the molecule is Cc1cc(Br)ccc1NC(=O)c1cccc(N)c1Br. The monoisotopic (exact) mass is 382 g/mol. The second kappa shape index (κ2) is 5.75. The largest absolute Gasteiger partial charge is 0.398 e. The zero-order chi connectivity index (χ0) is 14.0. The van der Waals surface area contributed by atoms with Gasteiger partial charge in [0, 0.05) is 15.8 Å². The second-order valence-corrected chi connectivity index (χ2v) is 5.83. The minimum Gasteiger partial charge on any atom is -0.398 e. The Morgan fingerprint density at radius 2 is 1.95 bits per heavy atom. The average molecular weight is 384 g/mol. The van der Waals surface area contributed by atoms with Gasteiger partial charge >= 0.3 is 0 Å². The molecule has 98 valence electrons. The number of hydrogen-bond donors (Lipinski definition) is 2. The average Bonchev–Trinajstić information content (AvgIpc) is 2.36. The molecule has 2 rings (SSSR count). The smallest absolute Gasteiger partial charge is 0.256 e. The quantitative estimate of drug-likeness (QED) is 0.757. The Balaban J connectivity index is 2.28. The van der Waals surface area contributed by atoms with E-state index >= 15 is 0 Å². The van der Waals surface area contributed by atoms with E-state index in [1.165, 1.54) is 0 Å². The van der Waals surface area contributed by atoms with Gasteiger partial charge in [0.1, 0.15) is 0 Å². The molecule has 0 heterocycles. The maximum atomic E-state index is 12.2. The molecular formula is C14H12Br2N2O. The van der Waals surface area contributed by atoms with E-state index < -0.39 is 0 Å². The minimum absolute atomic E-state index is 0.190. The van der Waals surface area contributed by atoms with Crippen LogP contribution in [0.15, 0.2) is 45.3 Å². The number of anilines is 2. The van der Waals surface area contributed by atoms with Crippen LogP contribution in [0.5, 0.6) is 0 Å². The molecule has 0 fully saturated rings. The van der Waals surface area contributed by atoms with Crippen molar-refractivity contribution < 1.29 is 4.79 Å². The summed E-state index contributed by atoms with van der Waals surface area (Å²) in [5.41, 5.74) is 8.60.